The van der Waals surface area contributed by atoms with E-state index in [1.165, 1.54) is 5.56 Å². The lowest BCUT2D eigenvalue weighted by Crippen LogP contribution is -2.32. The molecular weight excluding hydrogens is 416 g/mol. The molecule has 0 saturated carbocycles. The summed E-state index contributed by atoms with van der Waals surface area (Å²) in [4.78, 5) is 16.8. The van der Waals surface area contributed by atoms with Gasteiger partial charge >= 0.3 is 0 Å². The average Bonchev–Trinajstić information content (AvgIpc) is 3.17. The Hall–Kier alpha value is -3.58. The largest absolute Gasteiger partial charge is 0.504 e. The SMILES string of the molecule is COc1cc(C=CCN2CCc3c(c(C(=O)N(C)C)nn3Cc3ccccc3)C2)ccc1O. The molecule has 3 aromatic rings. The van der Waals surface area contributed by atoms with E-state index >= 15 is 0 Å². The summed E-state index contributed by atoms with van der Waals surface area (Å²) in [5.74, 6) is 0.521. The van der Waals surface area contributed by atoms with Gasteiger partial charge in [0.25, 0.3) is 5.91 Å². The molecule has 0 aliphatic carbocycles. The Bertz CT molecular complexity index is 1150. The number of hydrogen-bond acceptors (Lipinski definition) is 5. The number of carbonyl (C=O) groups excluding carboxylic acids is 1. The van der Waals surface area contributed by atoms with Gasteiger partial charge in [0.05, 0.1) is 13.7 Å². The summed E-state index contributed by atoms with van der Waals surface area (Å²) in [7, 11) is 5.07. The van der Waals surface area contributed by atoms with Crippen LogP contribution in [0.3, 0.4) is 0 Å². The number of nitrogens with zero attached hydrogens (tertiary/aromatic N) is 4. The van der Waals surface area contributed by atoms with Crippen LogP contribution in [0.5, 0.6) is 11.5 Å². The van der Waals surface area contributed by atoms with E-state index in [0.717, 1.165) is 36.3 Å². The fourth-order valence-corrected chi connectivity index (χ4v) is 4.11. The van der Waals surface area contributed by atoms with Crippen molar-refractivity contribution < 1.29 is 14.6 Å². The Labute approximate surface area is 194 Å². The van der Waals surface area contributed by atoms with Crippen molar-refractivity contribution >= 4 is 12.0 Å². The van der Waals surface area contributed by atoms with E-state index in [9.17, 15) is 9.90 Å². The lowest BCUT2D eigenvalue weighted by Gasteiger charge is -2.26. The summed E-state index contributed by atoms with van der Waals surface area (Å²) in [6.07, 6.45) is 4.96. The molecule has 1 aromatic heterocycles. The molecule has 0 unspecified atom stereocenters. The zero-order valence-electron chi connectivity index (χ0n) is 19.4. The molecule has 0 atom stereocenters. The monoisotopic (exact) mass is 446 g/mol. The molecule has 1 N–H and O–H groups in total. The van der Waals surface area contributed by atoms with Crippen LogP contribution >= 0.6 is 0 Å². The third-order valence-corrected chi connectivity index (χ3v) is 5.87. The minimum Gasteiger partial charge on any atom is -0.504 e. The van der Waals surface area contributed by atoms with E-state index in [1.54, 1.807) is 32.2 Å². The number of phenolic OH excluding ortho intramolecular Hbond substituents is 1. The van der Waals surface area contributed by atoms with Gasteiger partial charge in [-0.15, -0.1) is 0 Å². The molecule has 0 saturated heterocycles. The highest BCUT2D eigenvalue weighted by molar-refractivity contribution is 5.93. The summed E-state index contributed by atoms with van der Waals surface area (Å²) >= 11 is 0. The minimum absolute atomic E-state index is 0.0633. The number of aromatic nitrogens is 2. The van der Waals surface area contributed by atoms with Crippen LogP contribution in [-0.4, -0.2) is 64.9 Å². The van der Waals surface area contributed by atoms with Gasteiger partial charge in [-0.1, -0.05) is 48.6 Å². The number of rotatable bonds is 7. The Morgan fingerprint density at radius 1 is 1.21 bits per heavy atom. The zero-order chi connectivity index (χ0) is 23.4. The first-order valence-electron chi connectivity index (χ1n) is 11.1. The third-order valence-electron chi connectivity index (χ3n) is 5.87. The lowest BCUT2D eigenvalue weighted by atomic mass is 10.0. The van der Waals surface area contributed by atoms with Gasteiger partial charge in [0, 0.05) is 51.4 Å². The molecule has 4 rings (SSSR count). The number of hydrogen-bond donors (Lipinski definition) is 1. The fraction of sp³-hybridized carbons (Fsp3) is 0.308. The molecule has 7 heteroatoms. The molecule has 0 spiro atoms. The Morgan fingerprint density at radius 3 is 2.73 bits per heavy atom. The molecule has 1 aliphatic heterocycles. The van der Waals surface area contributed by atoms with E-state index < -0.39 is 0 Å². The van der Waals surface area contributed by atoms with Crippen molar-refractivity contribution in [2.45, 2.75) is 19.5 Å². The topological polar surface area (TPSA) is 70.8 Å². The quantitative estimate of drug-likeness (QED) is 0.602. The van der Waals surface area contributed by atoms with Gasteiger partial charge in [0.15, 0.2) is 17.2 Å². The molecule has 1 aliphatic rings. The summed E-state index contributed by atoms with van der Waals surface area (Å²) in [6.45, 7) is 2.99. The van der Waals surface area contributed by atoms with Crippen molar-refractivity contribution in [3.63, 3.8) is 0 Å². The highest BCUT2D eigenvalue weighted by atomic mass is 16.5. The molecule has 0 fully saturated rings. The molecule has 0 radical (unpaired) electrons. The summed E-state index contributed by atoms with van der Waals surface area (Å²) in [6, 6.07) is 15.5. The molecule has 33 heavy (non-hydrogen) atoms. The number of benzene rings is 2. The van der Waals surface area contributed by atoms with E-state index in [0.29, 0.717) is 24.5 Å². The minimum atomic E-state index is -0.0633. The van der Waals surface area contributed by atoms with Crippen LogP contribution in [-0.2, 0) is 19.5 Å². The van der Waals surface area contributed by atoms with Gasteiger partial charge in [-0.25, -0.2) is 0 Å². The molecule has 2 aromatic carbocycles. The maximum absolute atomic E-state index is 12.9. The molecule has 0 bridgehead atoms. The standard InChI is InChI=1S/C26H30N4O3/c1-28(2)26(32)25-21-18-29(14-7-10-19-11-12-23(31)24(16-19)33-3)15-13-22(21)30(27-25)17-20-8-5-4-6-9-20/h4-12,16,31H,13-15,17-18H2,1-3H3. The van der Waals surface area contributed by atoms with E-state index in [-0.39, 0.29) is 11.7 Å². The Balaban J connectivity index is 1.52. The predicted molar refractivity (Wildman–Crippen MR) is 128 cm³/mol. The van der Waals surface area contributed by atoms with Crippen LogP contribution in [0, 0.1) is 0 Å². The Kier molecular flexibility index (Phi) is 6.79. The second-order valence-corrected chi connectivity index (χ2v) is 8.44. The number of amides is 1. The maximum Gasteiger partial charge on any atom is 0.274 e. The van der Waals surface area contributed by atoms with E-state index in [1.807, 2.05) is 41.1 Å². The van der Waals surface area contributed by atoms with Gasteiger partial charge in [0.1, 0.15) is 0 Å². The number of phenols is 1. The number of fused-ring (bicyclic) bond motifs is 1. The van der Waals surface area contributed by atoms with Gasteiger partial charge in [-0.05, 0) is 23.3 Å². The zero-order valence-corrected chi connectivity index (χ0v) is 19.4. The van der Waals surface area contributed by atoms with Crippen molar-refractivity contribution in [2.75, 3.05) is 34.3 Å². The van der Waals surface area contributed by atoms with Crippen LogP contribution in [0.15, 0.2) is 54.6 Å². The number of ether oxygens (including phenoxy) is 1. The van der Waals surface area contributed by atoms with Crippen LogP contribution in [0.2, 0.25) is 0 Å². The first-order valence-corrected chi connectivity index (χ1v) is 11.1. The second-order valence-electron chi connectivity index (χ2n) is 8.44. The average molecular weight is 447 g/mol. The van der Waals surface area contributed by atoms with Crippen LogP contribution in [0.1, 0.15) is 32.9 Å². The van der Waals surface area contributed by atoms with E-state index in [4.69, 9.17) is 9.84 Å². The first kappa shape index (κ1) is 22.6. The predicted octanol–water partition coefficient (Wildman–Crippen LogP) is 3.42. The Morgan fingerprint density at radius 2 is 2.00 bits per heavy atom. The summed E-state index contributed by atoms with van der Waals surface area (Å²) in [5.41, 5.74) is 4.84. The van der Waals surface area contributed by atoms with Crippen molar-refractivity contribution in [1.82, 2.24) is 19.6 Å². The van der Waals surface area contributed by atoms with Crippen molar-refractivity contribution in [1.29, 1.82) is 0 Å². The van der Waals surface area contributed by atoms with Crippen molar-refractivity contribution in [3.05, 3.63) is 82.7 Å². The first-order chi connectivity index (χ1) is 16.0. The number of methoxy groups -OCH3 is 1. The molecule has 1 amide bonds. The smallest absolute Gasteiger partial charge is 0.274 e. The molecule has 7 nitrogen and oxygen atoms in total. The van der Waals surface area contributed by atoms with E-state index in [2.05, 4.69) is 23.1 Å². The molecule has 172 valence electrons. The normalized spacial score (nSPS) is 13.8. The number of aromatic hydroxyl groups is 1. The van der Waals surface area contributed by atoms with Gasteiger partial charge in [-0.2, -0.15) is 5.10 Å². The van der Waals surface area contributed by atoms with Crippen LogP contribution in [0.4, 0.5) is 0 Å². The second kappa shape index (κ2) is 9.92. The highest BCUT2D eigenvalue weighted by Crippen LogP contribution is 2.27. The fourth-order valence-electron chi connectivity index (χ4n) is 4.11. The van der Waals surface area contributed by atoms with Gasteiger partial charge < -0.3 is 14.7 Å². The maximum atomic E-state index is 12.9. The summed E-state index contributed by atoms with van der Waals surface area (Å²) < 4.78 is 7.18. The number of carbonyl (C=O) groups is 1. The van der Waals surface area contributed by atoms with Crippen molar-refractivity contribution in [3.8, 4) is 11.5 Å². The van der Waals surface area contributed by atoms with Gasteiger partial charge in [-0.3, -0.25) is 14.4 Å². The van der Waals surface area contributed by atoms with Crippen LogP contribution in [0.25, 0.3) is 6.08 Å². The third kappa shape index (κ3) is 5.09. The van der Waals surface area contributed by atoms with Crippen LogP contribution < -0.4 is 4.74 Å². The highest BCUT2D eigenvalue weighted by Gasteiger charge is 2.28. The molecular formula is C26H30N4O3. The van der Waals surface area contributed by atoms with Crippen molar-refractivity contribution in [2.24, 2.45) is 0 Å². The lowest BCUT2D eigenvalue weighted by molar-refractivity contribution is 0.0818. The molecule has 2 heterocycles. The summed E-state index contributed by atoms with van der Waals surface area (Å²) in [5, 5.41) is 14.5. The van der Waals surface area contributed by atoms with Gasteiger partial charge in [0.2, 0.25) is 0 Å².